The molecule has 0 saturated carbocycles. The highest BCUT2D eigenvalue weighted by molar-refractivity contribution is 5.77. The van der Waals surface area contributed by atoms with E-state index in [1.165, 1.54) is 17.7 Å². The third-order valence-electron chi connectivity index (χ3n) is 6.98. The van der Waals surface area contributed by atoms with Crippen molar-refractivity contribution in [2.75, 3.05) is 20.2 Å². The van der Waals surface area contributed by atoms with Crippen LogP contribution >= 0.6 is 0 Å². The number of imidazole rings is 1. The Hall–Kier alpha value is -3.67. The summed E-state index contributed by atoms with van der Waals surface area (Å²) in [5.74, 6) is 1.54. The van der Waals surface area contributed by atoms with E-state index in [0.717, 1.165) is 35.5 Å². The lowest BCUT2D eigenvalue weighted by Gasteiger charge is -2.41. The van der Waals surface area contributed by atoms with Crippen LogP contribution in [-0.2, 0) is 16.6 Å². The Kier molecular flexibility index (Phi) is 6.05. The van der Waals surface area contributed by atoms with Gasteiger partial charge in [0, 0.05) is 19.5 Å². The molecule has 4 aromatic rings. The van der Waals surface area contributed by atoms with Gasteiger partial charge in [-0.3, -0.25) is 4.79 Å². The lowest BCUT2D eigenvalue weighted by molar-refractivity contribution is -0.132. The van der Waals surface area contributed by atoms with Crippen molar-refractivity contribution in [3.8, 4) is 5.75 Å². The number of hydrogen-bond acceptors (Lipinski definition) is 3. The number of nitrogens with zero attached hydrogens (tertiary/aromatic N) is 2. The highest BCUT2D eigenvalue weighted by Crippen LogP contribution is 2.41. The fraction of sp³-hybridized carbons (Fsp3) is 0.286. The fourth-order valence-corrected chi connectivity index (χ4v) is 4.97. The molecule has 34 heavy (non-hydrogen) atoms. The number of carbonyl (C=O) groups excluding carboxylic acids is 1. The lowest BCUT2D eigenvalue weighted by Crippen LogP contribution is -2.46. The number of methoxy groups -OCH3 is 1. The summed E-state index contributed by atoms with van der Waals surface area (Å²) in [5.41, 5.74) is 3.40. The van der Waals surface area contributed by atoms with Crippen LogP contribution in [0.15, 0.2) is 72.8 Å². The zero-order valence-corrected chi connectivity index (χ0v) is 19.3. The van der Waals surface area contributed by atoms with Crippen LogP contribution in [0.4, 0.5) is 4.39 Å². The zero-order chi connectivity index (χ0) is 23.5. The van der Waals surface area contributed by atoms with Crippen LogP contribution in [0.3, 0.4) is 0 Å². The number of aryl methyl sites for hydroxylation is 1. The van der Waals surface area contributed by atoms with Gasteiger partial charge in [-0.15, -0.1) is 0 Å². The van der Waals surface area contributed by atoms with Crippen molar-refractivity contribution in [3.05, 3.63) is 95.6 Å². The predicted octanol–water partition coefficient (Wildman–Crippen LogP) is 5.25. The molecule has 1 aliphatic rings. The van der Waals surface area contributed by atoms with E-state index < -0.39 is 0 Å². The summed E-state index contributed by atoms with van der Waals surface area (Å²) in [6.45, 7) is 1.31. The third-order valence-corrected chi connectivity index (χ3v) is 6.98. The molecule has 1 amide bonds. The Balaban J connectivity index is 1.33. The summed E-state index contributed by atoms with van der Waals surface area (Å²) >= 11 is 0. The number of rotatable bonds is 6. The Morgan fingerprint density at radius 1 is 1.06 bits per heavy atom. The van der Waals surface area contributed by atoms with Gasteiger partial charge < -0.3 is 14.6 Å². The van der Waals surface area contributed by atoms with Gasteiger partial charge in [0.25, 0.3) is 0 Å². The first-order valence-corrected chi connectivity index (χ1v) is 11.7. The molecule has 5 rings (SSSR count). The van der Waals surface area contributed by atoms with Gasteiger partial charge in [0.15, 0.2) is 0 Å². The van der Waals surface area contributed by atoms with Crippen molar-refractivity contribution in [1.82, 2.24) is 14.9 Å². The molecule has 3 aromatic carbocycles. The van der Waals surface area contributed by atoms with Gasteiger partial charge in [0.05, 0.1) is 23.6 Å². The number of fused-ring (bicyclic) bond motifs is 1. The topological polar surface area (TPSA) is 58.2 Å². The number of amides is 1. The van der Waals surface area contributed by atoms with E-state index in [1.54, 1.807) is 13.2 Å². The number of ether oxygens (including phenoxy) is 1. The maximum Gasteiger partial charge on any atom is 0.222 e. The van der Waals surface area contributed by atoms with Gasteiger partial charge in [0.1, 0.15) is 17.4 Å². The first-order chi connectivity index (χ1) is 16.6. The summed E-state index contributed by atoms with van der Waals surface area (Å²) in [6.07, 6.45) is 2.70. The lowest BCUT2D eigenvalue weighted by atomic mass is 9.72. The number of aromatic amines is 1. The van der Waals surface area contributed by atoms with Gasteiger partial charge in [-0.2, -0.15) is 0 Å². The molecule has 0 aliphatic carbocycles. The third kappa shape index (κ3) is 4.28. The molecule has 0 bridgehead atoms. The molecule has 2 heterocycles. The number of hydrogen-bond donors (Lipinski definition) is 1. The number of benzene rings is 3. The molecule has 6 heteroatoms. The minimum atomic E-state index is -0.344. The number of halogens is 1. The van der Waals surface area contributed by atoms with Crippen molar-refractivity contribution in [2.45, 2.75) is 31.1 Å². The predicted molar refractivity (Wildman–Crippen MR) is 130 cm³/mol. The van der Waals surface area contributed by atoms with Crippen molar-refractivity contribution >= 4 is 16.9 Å². The second-order valence-corrected chi connectivity index (χ2v) is 8.92. The maximum atomic E-state index is 13.8. The molecule has 174 valence electrons. The number of H-pyrrole nitrogens is 1. The number of likely N-dealkylation sites (tertiary alicyclic amines) is 1. The van der Waals surface area contributed by atoms with Crippen LogP contribution < -0.4 is 4.74 Å². The smallest absolute Gasteiger partial charge is 0.222 e. The van der Waals surface area contributed by atoms with Gasteiger partial charge in [-0.1, -0.05) is 42.5 Å². The van der Waals surface area contributed by atoms with Gasteiger partial charge >= 0.3 is 0 Å². The average Bonchev–Trinajstić information content (AvgIpc) is 3.32. The number of carbonyl (C=O) groups is 1. The van der Waals surface area contributed by atoms with Crippen molar-refractivity contribution in [1.29, 1.82) is 0 Å². The molecule has 1 fully saturated rings. The van der Waals surface area contributed by atoms with Gasteiger partial charge in [-0.25, -0.2) is 9.37 Å². The van der Waals surface area contributed by atoms with Crippen LogP contribution in [0.5, 0.6) is 5.75 Å². The molecule has 1 saturated heterocycles. The van der Waals surface area contributed by atoms with Crippen LogP contribution in [0, 0.1) is 5.82 Å². The van der Waals surface area contributed by atoms with E-state index in [2.05, 4.69) is 17.1 Å². The van der Waals surface area contributed by atoms with Gasteiger partial charge in [0.2, 0.25) is 5.91 Å². The van der Waals surface area contributed by atoms with Crippen molar-refractivity contribution in [2.24, 2.45) is 0 Å². The fourth-order valence-electron chi connectivity index (χ4n) is 4.97. The van der Waals surface area contributed by atoms with Crippen LogP contribution in [-0.4, -0.2) is 41.0 Å². The summed E-state index contributed by atoms with van der Waals surface area (Å²) in [7, 11) is 1.65. The Labute approximate surface area is 198 Å². The van der Waals surface area contributed by atoms with E-state index >= 15 is 0 Å². The van der Waals surface area contributed by atoms with E-state index in [0.29, 0.717) is 31.4 Å². The van der Waals surface area contributed by atoms with Gasteiger partial charge in [-0.05, 0) is 60.7 Å². The molecule has 0 spiro atoms. The van der Waals surface area contributed by atoms with E-state index in [9.17, 15) is 9.18 Å². The number of nitrogens with one attached hydrogen (secondary N) is 1. The molecule has 1 N–H and O–H groups in total. The quantitative estimate of drug-likeness (QED) is 0.430. The highest BCUT2D eigenvalue weighted by Gasteiger charge is 2.41. The Bertz CT molecular complexity index is 1280. The molecule has 5 nitrogen and oxygen atoms in total. The van der Waals surface area contributed by atoms with E-state index in [-0.39, 0.29) is 17.1 Å². The minimum Gasteiger partial charge on any atom is -0.497 e. The second kappa shape index (κ2) is 9.29. The average molecular weight is 458 g/mol. The zero-order valence-electron chi connectivity index (χ0n) is 19.3. The van der Waals surface area contributed by atoms with Crippen LogP contribution in [0.25, 0.3) is 11.0 Å². The first-order valence-electron chi connectivity index (χ1n) is 11.7. The summed E-state index contributed by atoms with van der Waals surface area (Å²) in [4.78, 5) is 23.2. The number of piperidine rings is 1. The Morgan fingerprint density at radius 3 is 2.50 bits per heavy atom. The largest absolute Gasteiger partial charge is 0.497 e. The summed E-state index contributed by atoms with van der Waals surface area (Å²) < 4.78 is 19.0. The summed E-state index contributed by atoms with van der Waals surface area (Å²) in [6, 6.07) is 22.8. The van der Waals surface area contributed by atoms with Crippen LogP contribution in [0.2, 0.25) is 0 Å². The molecular formula is C28H28FN3O2. The maximum absolute atomic E-state index is 13.8. The van der Waals surface area contributed by atoms with E-state index in [4.69, 9.17) is 9.72 Å². The molecule has 1 aliphatic heterocycles. The highest BCUT2D eigenvalue weighted by atomic mass is 19.1. The molecule has 0 radical (unpaired) electrons. The monoisotopic (exact) mass is 457 g/mol. The molecule has 1 aromatic heterocycles. The van der Waals surface area contributed by atoms with Crippen LogP contribution in [0.1, 0.15) is 36.2 Å². The molecule has 0 atom stereocenters. The minimum absolute atomic E-state index is 0.171. The van der Waals surface area contributed by atoms with E-state index in [1.807, 2.05) is 47.4 Å². The van der Waals surface area contributed by atoms with Crippen molar-refractivity contribution in [3.63, 3.8) is 0 Å². The number of aromatic nitrogens is 2. The first kappa shape index (κ1) is 22.1. The second-order valence-electron chi connectivity index (χ2n) is 8.92. The summed E-state index contributed by atoms with van der Waals surface area (Å²) in [5, 5.41) is 0. The normalized spacial score (nSPS) is 15.4. The Morgan fingerprint density at radius 2 is 1.79 bits per heavy atom. The molecular weight excluding hydrogens is 429 g/mol. The molecule has 0 unspecified atom stereocenters. The standard InChI is InChI=1S/C28H28FN3O2/c1-34-23-11-7-20(8-12-23)9-14-26(33)32-17-15-28(16-18-32,21-5-3-2-4-6-21)27-30-24-13-10-22(29)19-25(24)31-27/h2-8,10-13,19H,9,14-18H2,1H3,(H,30,31). The SMILES string of the molecule is COc1ccc(CCC(=O)N2CCC(c3ccccc3)(c3nc4ccc(F)cc4[nH]3)CC2)cc1. The van der Waals surface area contributed by atoms with Crippen molar-refractivity contribution < 1.29 is 13.9 Å².